The fraction of sp³-hybridized carbons (Fsp3) is 0.846. The highest BCUT2D eigenvalue weighted by Gasteiger charge is 2.49. The Morgan fingerprint density at radius 3 is 2.67 bits per heavy atom. The molecular weight excluding hydrogens is 234 g/mol. The first kappa shape index (κ1) is 13.2. The number of fused-ring (bicyclic) bond motifs is 2. The predicted molar refractivity (Wildman–Crippen MR) is 62.7 cm³/mol. The molecule has 2 saturated heterocycles. The van der Waals surface area contributed by atoms with Crippen LogP contribution in [-0.2, 0) is 14.2 Å². The Bertz CT molecular complexity index is 349. The van der Waals surface area contributed by atoms with Crippen LogP contribution in [-0.4, -0.2) is 31.1 Å². The molecule has 0 aromatic carbocycles. The summed E-state index contributed by atoms with van der Waals surface area (Å²) < 4.78 is 15.8. The van der Waals surface area contributed by atoms with Gasteiger partial charge < -0.3 is 14.2 Å². The molecule has 5 nitrogen and oxygen atoms in total. The van der Waals surface area contributed by atoms with Crippen molar-refractivity contribution >= 4 is 6.16 Å². The van der Waals surface area contributed by atoms with Crippen molar-refractivity contribution < 1.29 is 19.0 Å². The van der Waals surface area contributed by atoms with Gasteiger partial charge in [0.15, 0.2) is 0 Å². The highest BCUT2D eigenvalue weighted by atomic mass is 16.7. The Labute approximate surface area is 107 Å². The molecule has 0 N–H and O–H groups in total. The van der Waals surface area contributed by atoms with E-state index in [-0.39, 0.29) is 30.1 Å². The Kier molecular flexibility index (Phi) is 4.07. The molecule has 0 aromatic rings. The van der Waals surface area contributed by atoms with Crippen molar-refractivity contribution in [1.29, 1.82) is 5.26 Å². The normalized spacial score (nSPS) is 33.4. The van der Waals surface area contributed by atoms with Gasteiger partial charge in [0.05, 0.1) is 24.4 Å². The Hall–Kier alpha value is -1.28. The van der Waals surface area contributed by atoms with Crippen molar-refractivity contribution in [1.82, 2.24) is 0 Å². The van der Waals surface area contributed by atoms with E-state index in [1.807, 2.05) is 0 Å². The molecule has 0 spiro atoms. The third-order valence-corrected chi connectivity index (χ3v) is 3.64. The molecule has 100 valence electrons. The van der Waals surface area contributed by atoms with E-state index in [1.165, 1.54) is 0 Å². The SMILES string of the molecule is CC(C)OC(=O)OCC1C2CCC(O2)C1CC#N. The van der Waals surface area contributed by atoms with Gasteiger partial charge in [-0.15, -0.1) is 0 Å². The van der Waals surface area contributed by atoms with Crippen LogP contribution in [0.3, 0.4) is 0 Å². The quantitative estimate of drug-likeness (QED) is 0.719. The first-order chi connectivity index (χ1) is 8.61. The van der Waals surface area contributed by atoms with Crippen LogP contribution in [0, 0.1) is 23.2 Å². The summed E-state index contributed by atoms with van der Waals surface area (Å²) in [4.78, 5) is 11.3. The number of rotatable bonds is 4. The van der Waals surface area contributed by atoms with Crippen LogP contribution in [0.15, 0.2) is 0 Å². The molecule has 0 aromatic heterocycles. The van der Waals surface area contributed by atoms with E-state index in [0.717, 1.165) is 12.8 Å². The van der Waals surface area contributed by atoms with Crippen LogP contribution in [0.1, 0.15) is 33.1 Å². The summed E-state index contributed by atoms with van der Waals surface area (Å²) in [6.07, 6.45) is 1.98. The van der Waals surface area contributed by atoms with Crippen LogP contribution in [0.25, 0.3) is 0 Å². The zero-order chi connectivity index (χ0) is 13.1. The van der Waals surface area contributed by atoms with Gasteiger partial charge >= 0.3 is 6.16 Å². The number of hydrogen-bond donors (Lipinski definition) is 0. The van der Waals surface area contributed by atoms with Gasteiger partial charge in [0.1, 0.15) is 6.61 Å². The average Bonchev–Trinajstić information content (AvgIpc) is 2.87. The van der Waals surface area contributed by atoms with Crippen molar-refractivity contribution in [2.75, 3.05) is 6.61 Å². The minimum absolute atomic E-state index is 0.139. The second-order valence-electron chi connectivity index (χ2n) is 5.21. The van der Waals surface area contributed by atoms with E-state index in [1.54, 1.807) is 13.8 Å². The molecule has 2 heterocycles. The summed E-state index contributed by atoms with van der Waals surface area (Å²) in [6.45, 7) is 3.85. The molecule has 0 amide bonds. The number of carbonyl (C=O) groups excluding carboxylic acids is 1. The Morgan fingerprint density at radius 1 is 1.39 bits per heavy atom. The fourth-order valence-corrected chi connectivity index (χ4v) is 2.88. The zero-order valence-electron chi connectivity index (χ0n) is 10.8. The maximum absolute atomic E-state index is 11.3. The minimum atomic E-state index is -0.636. The largest absolute Gasteiger partial charge is 0.508 e. The lowest BCUT2D eigenvalue weighted by Gasteiger charge is -2.25. The number of nitriles is 1. The molecule has 2 bridgehead atoms. The Balaban J connectivity index is 1.84. The summed E-state index contributed by atoms with van der Waals surface area (Å²) in [5, 5.41) is 8.83. The molecule has 4 unspecified atom stereocenters. The molecule has 0 radical (unpaired) electrons. The summed E-state index contributed by atoms with van der Waals surface area (Å²) in [6, 6.07) is 2.19. The molecular formula is C13H19NO4. The average molecular weight is 253 g/mol. The molecule has 4 atom stereocenters. The van der Waals surface area contributed by atoms with Crippen LogP contribution in [0.5, 0.6) is 0 Å². The maximum atomic E-state index is 11.3. The van der Waals surface area contributed by atoms with Crippen molar-refractivity contribution in [2.24, 2.45) is 11.8 Å². The molecule has 5 heteroatoms. The first-order valence-electron chi connectivity index (χ1n) is 6.47. The van der Waals surface area contributed by atoms with Gasteiger partial charge in [-0.2, -0.15) is 5.26 Å². The van der Waals surface area contributed by atoms with Crippen LogP contribution in [0.2, 0.25) is 0 Å². The van der Waals surface area contributed by atoms with Crippen molar-refractivity contribution in [3.63, 3.8) is 0 Å². The summed E-state index contributed by atoms with van der Waals surface area (Å²) in [5.74, 6) is 0.337. The number of hydrogen-bond acceptors (Lipinski definition) is 5. The second-order valence-corrected chi connectivity index (χ2v) is 5.21. The van der Waals surface area contributed by atoms with Crippen molar-refractivity contribution in [3.05, 3.63) is 0 Å². The third-order valence-electron chi connectivity index (χ3n) is 3.64. The van der Waals surface area contributed by atoms with Crippen LogP contribution >= 0.6 is 0 Å². The number of carbonyl (C=O) groups is 1. The lowest BCUT2D eigenvalue weighted by atomic mass is 9.78. The summed E-state index contributed by atoms with van der Waals surface area (Å²) in [5.41, 5.74) is 0. The lowest BCUT2D eigenvalue weighted by molar-refractivity contribution is 0.0131. The van der Waals surface area contributed by atoms with E-state index in [2.05, 4.69) is 6.07 Å². The Morgan fingerprint density at radius 2 is 2.06 bits per heavy atom. The van der Waals surface area contributed by atoms with Gasteiger partial charge in [-0.05, 0) is 26.7 Å². The molecule has 2 rings (SSSR count). The van der Waals surface area contributed by atoms with Gasteiger partial charge in [-0.1, -0.05) is 0 Å². The van der Waals surface area contributed by atoms with Gasteiger partial charge in [0.25, 0.3) is 0 Å². The molecule has 0 aliphatic carbocycles. The van der Waals surface area contributed by atoms with E-state index >= 15 is 0 Å². The highest BCUT2D eigenvalue weighted by Crippen LogP contribution is 2.44. The third kappa shape index (κ3) is 2.75. The van der Waals surface area contributed by atoms with Crippen LogP contribution in [0.4, 0.5) is 4.79 Å². The van der Waals surface area contributed by atoms with Gasteiger partial charge in [-0.25, -0.2) is 4.79 Å². The molecule has 18 heavy (non-hydrogen) atoms. The molecule has 0 saturated carbocycles. The monoisotopic (exact) mass is 253 g/mol. The van der Waals surface area contributed by atoms with Gasteiger partial charge in [0.2, 0.25) is 0 Å². The molecule has 2 fully saturated rings. The van der Waals surface area contributed by atoms with Crippen molar-refractivity contribution in [2.45, 2.75) is 51.4 Å². The minimum Gasteiger partial charge on any atom is -0.434 e. The van der Waals surface area contributed by atoms with Crippen LogP contribution < -0.4 is 0 Å². The smallest absolute Gasteiger partial charge is 0.434 e. The lowest BCUT2D eigenvalue weighted by Crippen LogP contribution is -2.31. The summed E-state index contributed by atoms with van der Waals surface area (Å²) >= 11 is 0. The van der Waals surface area contributed by atoms with E-state index in [4.69, 9.17) is 19.5 Å². The number of ether oxygens (including phenoxy) is 3. The van der Waals surface area contributed by atoms with Gasteiger partial charge in [0, 0.05) is 18.3 Å². The summed E-state index contributed by atoms with van der Waals surface area (Å²) in [7, 11) is 0. The number of nitrogens with zero attached hydrogens (tertiary/aromatic N) is 1. The van der Waals surface area contributed by atoms with Gasteiger partial charge in [-0.3, -0.25) is 0 Å². The standard InChI is InChI=1S/C13H19NO4/c1-8(2)17-13(15)16-7-10-9(5-6-14)11-3-4-12(10)18-11/h8-12H,3-5,7H2,1-2H3. The van der Waals surface area contributed by atoms with E-state index < -0.39 is 6.16 Å². The fourth-order valence-electron chi connectivity index (χ4n) is 2.88. The topological polar surface area (TPSA) is 68.6 Å². The van der Waals surface area contributed by atoms with Crippen molar-refractivity contribution in [3.8, 4) is 6.07 Å². The maximum Gasteiger partial charge on any atom is 0.508 e. The molecule has 2 aliphatic heterocycles. The highest BCUT2D eigenvalue weighted by molar-refractivity contribution is 5.60. The zero-order valence-corrected chi connectivity index (χ0v) is 10.8. The van der Waals surface area contributed by atoms with E-state index in [0.29, 0.717) is 13.0 Å². The second kappa shape index (κ2) is 5.57. The predicted octanol–water partition coefficient (Wildman–Crippen LogP) is 2.26. The van der Waals surface area contributed by atoms with E-state index in [9.17, 15) is 4.79 Å². The molecule has 2 aliphatic rings. The first-order valence-corrected chi connectivity index (χ1v) is 6.47.